The minimum Gasteiger partial charge on any atom is -0.755 e. The molecule has 0 bridgehead atoms. The van der Waals surface area contributed by atoms with Crippen molar-refractivity contribution < 1.29 is 18.1 Å². The molecule has 0 aliphatic heterocycles. The Labute approximate surface area is 197 Å². The fraction of sp³-hybridized carbons (Fsp3) is 0.273. The highest BCUT2D eigenvalue weighted by molar-refractivity contribution is 7.77. The lowest BCUT2D eigenvalue weighted by atomic mass is 9.91. The van der Waals surface area contributed by atoms with Gasteiger partial charge in [-0.25, -0.2) is 4.98 Å². The van der Waals surface area contributed by atoms with Crippen LogP contribution in [0.15, 0.2) is 64.2 Å². The van der Waals surface area contributed by atoms with Crippen molar-refractivity contribution in [3.05, 3.63) is 77.0 Å². The number of amides is 1. The van der Waals surface area contributed by atoms with Crippen LogP contribution >= 0.6 is 11.3 Å². The molecule has 0 radical (unpaired) electrons. The van der Waals surface area contributed by atoms with E-state index >= 15 is 0 Å². The van der Waals surface area contributed by atoms with E-state index < -0.39 is 11.3 Å². The first-order valence-corrected chi connectivity index (χ1v) is 12.3. The Morgan fingerprint density at radius 1 is 1.33 bits per heavy atom. The van der Waals surface area contributed by atoms with E-state index in [1.807, 2.05) is 47.9 Å². The molecule has 1 aliphatic rings. The first kappa shape index (κ1) is 23.0. The lowest BCUT2D eigenvalue weighted by Gasteiger charge is -2.23. The van der Waals surface area contributed by atoms with Crippen molar-refractivity contribution in [3.8, 4) is 10.6 Å². The zero-order chi connectivity index (χ0) is 23.2. The quantitative estimate of drug-likeness (QED) is 0.446. The first-order valence-electron chi connectivity index (χ1n) is 10.3. The average Bonchev–Trinajstić information content (AvgIpc) is 3.44. The van der Waals surface area contributed by atoms with Crippen LogP contribution in [-0.2, 0) is 22.5 Å². The van der Waals surface area contributed by atoms with Gasteiger partial charge in [0.1, 0.15) is 11.4 Å². The topological polar surface area (TPSA) is 133 Å². The molecule has 11 heteroatoms. The van der Waals surface area contributed by atoms with Gasteiger partial charge in [-0.1, -0.05) is 47.6 Å². The third-order valence-electron chi connectivity index (χ3n) is 5.04. The van der Waals surface area contributed by atoms with E-state index in [-0.39, 0.29) is 30.2 Å². The van der Waals surface area contributed by atoms with Crippen molar-refractivity contribution in [1.29, 1.82) is 0 Å². The number of carbonyl (C=O) groups is 1. The number of nitrogens with one attached hydrogen (secondary N) is 2. The average molecular weight is 485 g/mol. The lowest BCUT2D eigenvalue weighted by molar-refractivity contribution is -0.121. The van der Waals surface area contributed by atoms with Crippen LogP contribution in [0.4, 0.5) is 0 Å². The van der Waals surface area contributed by atoms with Gasteiger partial charge in [-0.2, -0.15) is 4.98 Å². The maximum absolute atomic E-state index is 12.7. The number of thiazole rings is 1. The van der Waals surface area contributed by atoms with Gasteiger partial charge < -0.3 is 19.1 Å². The maximum atomic E-state index is 12.7. The summed E-state index contributed by atoms with van der Waals surface area (Å²) in [7, 11) is 0. The van der Waals surface area contributed by atoms with E-state index in [2.05, 4.69) is 20.2 Å². The highest BCUT2D eigenvalue weighted by Crippen LogP contribution is 2.31. The van der Waals surface area contributed by atoms with E-state index in [1.54, 1.807) is 13.0 Å². The summed E-state index contributed by atoms with van der Waals surface area (Å²) in [5.74, 6) is 0.601. The molecule has 0 spiro atoms. The predicted octanol–water partition coefficient (Wildman–Crippen LogP) is 3.14. The summed E-state index contributed by atoms with van der Waals surface area (Å²) in [6.45, 7) is 1.70. The number of rotatable bonds is 9. The largest absolute Gasteiger partial charge is 0.755 e. The smallest absolute Gasteiger partial charge is 0.236 e. The van der Waals surface area contributed by atoms with Crippen molar-refractivity contribution in [2.45, 2.75) is 32.2 Å². The molecule has 2 aromatic heterocycles. The molecule has 4 rings (SSSR count). The highest BCUT2D eigenvalue weighted by Gasteiger charge is 2.23. The molecule has 9 nitrogen and oxygen atoms in total. The van der Waals surface area contributed by atoms with Crippen LogP contribution in [0.3, 0.4) is 0 Å². The monoisotopic (exact) mass is 484 g/mol. The number of allylic oxidation sites excluding steroid dienone is 3. The second kappa shape index (κ2) is 10.6. The molecule has 0 fully saturated rings. The molecule has 172 valence electrons. The van der Waals surface area contributed by atoms with Crippen molar-refractivity contribution in [3.63, 3.8) is 0 Å². The van der Waals surface area contributed by atoms with Gasteiger partial charge in [0.15, 0.2) is 5.82 Å². The van der Waals surface area contributed by atoms with Gasteiger partial charge in [0.2, 0.25) is 11.8 Å². The summed E-state index contributed by atoms with van der Waals surface area (Å²) in [6, 6.07) is 9.54. The van der Waals surface area contributed by atoms with E-state index in [4.69, 9.17) is 9.51 Å². The van der Waals surface area contributed by atoms with Crippen LogP contribution in [0.1, 0.15) is 36.3 Å². The lowest BCUT2D eigenvalue weighted by Crippen LogP contribution is -2.31. The Bertz CT molecular complexity index is 1190. The van der Waals surface area contributed by atoms with Crippen molar-refractivity contribution in [2.75, 3.05) is 0 Å². The van der Waals surface area contributed by atoms with Crippen LogP contribution in [0.25, 0.3) is 10.6 Å². The van der Waals surface area contributed by atoms with Gasteiger partial charge in [-0.05, 0) is 31.8 Å². The van der Waals surface area contributed by atoms with Gasteiger partial charge in [0.05, 0.1) is 11.7 Å². The van der Waals surface area contributed by atoms with E-state index in [0.717, 1.165) is 16.3 Å². The number of hydrogen-bond donors (Lipinski definition) is 2. The number of carbonyl (C=O) groups excluding carboxylic acids is 1. The normalized spacial score (nSPS) is 17.3. The van der Waals surface area contributed by atoms with Crippen molar-refractivity contribution in [2.24, 2.45) is 5.92 Å². The molecule has 0 saturated heterocycles. The molecule has 1 aromatic carbocycles. The number of aromatic nitrogens is 3. The zero-order valence-electron chi connectivity index (χ0n) is 17.8. The third kappa shape index (κ3) is 6.44. The summed E-state index contributed by atoms with van der Waals surface area (Å²) in [4.78, 5) is 21.6. The Hall–Kier alpha value is -3.15. The third-order valence-corrected chi connectivity index (χ3v) is 6.36. The molecule has 1 amide bonds. The van der Waals surface area contributed by atoms with Crippen molar-refractivity contribution in [1.82, 2.24) is 25.2 Å². The predicted molar refractivity (Wildman–Crippen MR) is 123 cm³/mol. The fourth-order valence-corrected chi connectivity index (χ4v) is 4.75. The number of hydrogen-bond acceptors (Lipinski definition) is 8. The second-order valence-electron chi connectivity index (χ2n) is 7.56. The Kier molecular flexibility index (Phi) is 7.43. The van der Waals surface area contributed by atoms with Crippen molar-refractivity contribution >= 4 is 28.5 Å². The minimum atomic E-state index is -2.36. The highest BCUT2D eigenvalue weighted by atomic mass is 32.2. The number of aryl methyl sites for hydroxylation is 1. The molecule has 2 N–H and O–H groups in total. The van der Waals surface area contributed by atoms with E-state index in [9.17, 15) is 13.6 Å². The van der Waals surface area contributed by atoms with Crippen LogP contribution in [0, 0.1) is 12.8 Å². The summed E-state index contributed by atoms with van der Waals surface area (Å²) >= 11 is -0.838. The number of benzene rings is 1. The molecule has 2 heterocycles. The molecule has 3 atom stereocenters. The van der Waals surface area contributed by atoms with Gasteiger partial charge in [0.25, 0.3) is 0 Å². The van der Waals surface area contributed by atoms with Gasteiger partial charge in [0, 0.05) is 27.9 Å². The van der Waals surface area contributed by atoms with Gasteiger partial charge in [-0.15, -0.1) is 11.3 Å². The molecule has 3 aromatic rings. The minimum absolute atomic E-state index is 0.0171. The Morgan fingerprint density at radius 3 is 2.82 bits per heavy atom. The standard InChI is InChI=1S/C22H23N5O4S2/c1-14-23-21(31-26-14)12-20(28)24-18(11-15-7-9-17(10-8-15)27-33(29)30)19-13-32-22(25-19)16-5-3-2-4-6-16/h2-7,9-10,13,15,18,27H,8,11-12H2,1H3,(H,24,28)(H,29,30)/p-1/t15?,18-/m0/s1. The van der Waals surface area contributed by atoms with E-state index in [0.29, 0.717) is 24.4 Å². The molecule has 0 saturated carbocycles. The molecular weight excluding hydrogens is 462 g/mol. The van der Waals surface area contributed by atoms with Crippen LogP contribution in [-0.4, -0.2) is 29.8 Å². The zero-order valence-corrected chi connectivity index (χ0v) is 19.4. The summed E-state index contributed by atoms with van der Waals surface area (Å²) < 4.78 is 29.1. The molecular formula is C22H22N5O4S2-. The summed E-state index contributed by atoms with van der Waals surface area (Å²) in [5.41, 5.74) is 2.32. The SMILES string of the molecule is Cc1noc(CC(=O)N[C@@H](CC2C=CC(NS(=O)[O-])=CC2)c2csc(-c3ccccc3)n2)n1. The van der Waals surface area contributed by atoms with Gasteiger partial charge >= 0.3 is 0 Å². The summed E-state index contributed by atoms with van der Waals surface area (Å²) in [6.07, 6.45) is 6.74. The van der Waals surface area contributed by atoms with E-state index in [1.165, 1.54) is 11.3 Å². The van der Waals surface area contributed by atoms with Crippen LogP contribution in [0.2, 0.25) is 0 Å². The fourth-order valence-electron chi connectivity index (χ4n) is 3.52. The van der Waals surface area contributed by atoms with Gasteiger partial charge in [-0.3, -0.25) is 9.00 Å². The first-order chi connectivity index (χ1) is 16.0. The second-order valence-corrected chi connectivity index (χ2v) is 9.09. The molecule has 33 heavy (non-hydrogen) atoms. The maximum Gasteiger partial charge on any atom is 0.236 e. The molecule has 1 aliphatic carbocycles. The summed E-state index contributed by atoms with van der Waals surface area (Å²) in [5, 5.41) is 9.61. The Balaban J connectivity index is 1.49. The number of nitrogens with zero attached hydrogens (tertiary/aromatic N) is 3. The Morgan fingerprint density at radius 2 is 2.15 bits per heavy atom. The molecule has 2 unspecified atom stereocenters. The van der Waals surface area contributed by atoms with Crippen LogP contribution in [0.5, 0.6) is 0 Å². The van der Waals surface area contributed by atoms with Crippen LogP contribution < -0.4 is 10.0 Å².